The van der Waals surface area contributed by atoms with E-state index >= 15 is 0 Å². The summed E-state index contributed by atoms with van der Waals surface area (Å²) in [6.45, 7) is 0.451. The number of para-hydroxylation sites is 1. The molecule has 0 saturated carbocycles. The molecular weight excluding hydrogens is 290 g/mol. The van der Waals surface area contributed by atoms with Crippen molar-refractivity contribution in [3.8, 4) is 6.07 Å². The Morgan fingerprint density at radius 3 is 2.70 bits per heavy atom. The van der Waals surface area contributed by atoms with Crippen molar-refractivity contribution in [3.05, 3.63) is 65.7 Å². The number of nitrogens with zero attached hydrogens (tertiary/aromatic N) is 2. The minimum absolute atomic E-state index is 0.00715. The Kier molecular flexibility index (Phi) is 4.07. The SMILES string of the molecule is N#Cc1cccc(C(=O)NC2CC(=O)N(c3ccccc3)C2)c1. The number of hydrogen-bond donors (Lipinski definition) is 1. The van der Waals surface area contributed by atoms with Crippen molar-refractivity contribution in [2.45, 2.75) is 12.5 Å². The van der Waals surface area contributed by atoms with Gasteiger partial charge in [0.2, 0.25) is 5.91 Å². The summed E-state index contributed by atoms with van der Waals surface area (Å²) in [6.07, 6.45) is 0.276. The van der Waals surface area contributed by atoms with Gasteiger partial charge in [-0.3, -0.25) is 9.59 Å². The number of benzene rings is 2. The van der Waals surface area contributed by atoms with Crippen LogP contribution < -0.4 is 10.2 Å². The summed E-state index contributed by atoms with van der Waals surface area (Å²) in [7, 11) is 0. The minimum atomic E-state index is -0.269. The van der Waals surface area contributed by atoms with Crippen LogP contribution in [0.1, 0.15) is 22.3 Å². The van der Waals surface area contributed by atoms with E-state index in [1.807, 2.05) is 36.4 Å². The van der Waals surface area contributed by atoms with Crippen LogP contribution in [0.15, 0.2) is 54.6 Å². The lowest BCUT2D eigenvalue weighted by molar-refractivity contribution is -0.117. The Labute approximate surface area is 134 Å². The molecule has 5 nitrogen and oxygen atoms in total. The van der Waals surface area contributed by atoms with E-state index in [1.54, 1.807) is 29.2 Å². The predicted octanol–water partition coefficient (Wildman–Crippen LogP) is 2.09. The Hall–Kier alpha value is -3.13. The minimum Gasteiger partial charge on any atom is -0.347 e. The molecule has 23 heavy (non-hydrogen) atoms. The van der Waals surface area contributed by atoms with Crippen LogP contribution >= 0.6 is 0 Å². The van der Waals surface area contributed by atoms with Crippen LogP contribution in [0.4, 0.5) is 5.69 Å². The second kappa shape index (κ2) is 6.32. The molecule has 0 spiro atoms. The fraction of sp³-hybridized carbons (Fsp3) is 0.167. The molecule has 1 aliphatic rings. The van der Waals surface area contributed by atoms with Crippen LogP contribution in [0.2, 0.25) is 0 Å². The lowest BCUT2D eigenvalue weighted by atomic mass is 10.1. The van der Waals surface area contributed by atoms with E-state index in [2.05, 4.69) is 5.32 Å². The monoisotopic (exact) mass is 305 g/mol. The molecule has 0 aromatic heterocycles. The Morgan fingerprint density at radius 2 is 1.96 bits per heavy atom. The summed E-state index contributed by atoms with van der Waals surface area (Å²) < 4.78 is 0. The van der Waals surface area contributed by atoms with Gasteiger partial charge in [0.15, 0.2) is 0 Å². The Morgan fingerprint density at radius 1 is 1.17 bits per heavy atom. The zero-order chi connectivity index (χ0) is 16.2. The molecule has 1 fully saturated rings. The molecule has 0 radical (unpaired) electrons. The van der Waals surface area contributed by atoms with Crippen molar-refractivity contribution < 1.29 is 9.59 Å². The topological polar surface area (TPSA) is 73.2 Å². The van der Waals surface area contributed by atoms with Crippen molar-refractivity contribution in [2.75, 3.05) is 11.4 Å². The first-order chi connectivity index (χ1) is 11.2. The van der Waals surface area contributed by atoms with Crippen LogP contribution in [0.25, 0.3) is 0 Å². The number of hydrogen-bond acceptors (Lipinski definition) is 3. The zero-order valence-electron chi connectivity index (χ0n) is 12.4. The molecule has 1 heterocycles. The molecule has 5 heteroatoms. The quantitative estimate of drug-likeness (QED) is 0.943. The van der Waals surface area contributed by atoms with E-state index in [-0.39, 0.29) is 24.3 Å². The fourth-order valence-corrected chi connectivity index (χ4v) is 2.66. The molecule has 2 aromatic carbocycles. The second-order valence-corrected chi connectivity index (χ2v) is 5.41. The fourth-order valence-electron chi connectivity index (χ4n) is 2.66. The molecule has 2 aromatic rings. The van der Waals surface area contributed by atoms with Gasteiger partial charge in [0.1, 0.15) is 0 Å². The summed E-state index contributed by atoms with van der Waals surface area (Å²) in [4.78, 5) is 26.1. The zero-order valence-corrected chi connectivity index (χ0v) is 12.4. The lowest BCUT2D eigenvalue weighted by Crippen LogP contribution is -2.37. The van der Waals surface area contributed by atoms with Gasteiger partial charge < -0.3 is 10.2 Å². The summed E-state index contributed by atoms with van der Waals surface area (Å²) >= 11 is 0. The average molecular weight is 305 g/mol. The molecule has 1 saturated heterocycles. The number of amides is 2. The van der Waals surface area contributed by atoms with E-state index in [0.717, 1.165) is 5.69 Å². The number of rotatable bonds is 3. The van der Waals surface area contributed by atoms with Gasteiger partial charge in [0.05, 0.1) is 17.7 Å². The largest absolute Gasteiger partial charge is 0.347 e. The number of anilines is 1. The summed E-state index contributed by atoms with van der Waals surface area (Å²) in [5.41, 5.74) is 1.70. The first-order valence-electron chi connectivity index (χ1n) is 7.34. The van der Waals surface area contributed by atoms with Crippen molar-refractivity contribution in [1.82, 2.24) is 5.32 Å². The number of carbonyl (C=O) groups is 2. The molecule has 114 valence electrons. The van der Waals surface area contributed by atoms with Gasteiger partial charge in [0.25, 0.3) is 5.91 Å². The number of nitrogens with one attached hydrogen (secondary N) is 1. The first-order valence-corrected chi connectivity index (χ1v) is 7.34. The van der Waals surface area contributed by atoms with E-state index in [9.17, 15) is 9.59 Å². The highest BCUT2D eigenvalue weighted by Gasteiger charge is 2.31. The molecule has 3 rings (SSSR count). The van der Waals surface area contributed by atoms with Gasteiger partial charge in [0, 0.05) is 24.2 Å². The lowest BCUT2D eigenvalue weighted by Gasteiger charge is -2.17. The normalized spacial score (nSPS) is 16.9. The van der Waals surface area contributed by atoms with E-state index in [4.69, 9.17) is 5.26 Å². The first kappa shape index (κ1) is 14.8. The maximum atomic E-state index is 12.3. The highest BCUT2D eigenvalue weighted by atomic mass is 16.2. The number of nitriles is 1. The van der Waals surface area contributed by atoms with Crippen LogP contribution in [-0.2, 0) is 4.79 Å². The van der Waals surface area contributed by atoms with Crippen LogP contribution in [0.5, 0.6) is 0 Å². The third kappa shape index (κ3) is 3.22. The van der Waals surface area contributed by atoms with Crippen LogP contribution in [0, 0.1) is 11.3 Å². The summed E-state index contributed by atoms with van der Waals surface area (Å²) in [5, 5.41) is 11.8. The van der Waals surface area contributed by atoms with Crippen LogP contribution in [0.3, 0.4) is 0 Å². The van der Waals surface area contributed by atoms with Gasteiger partial charge in [-0.1, -0.05) is 24.3 Å². The third-order valence-electron chi connectivity index (χ3n) is 3.78. The molecule has 0 aliphatic carbocycles. The smallest absolute Gasteiger partial charge is 0.251 e. The van der Waals surface area contributed by atoms with E-state index in [1.165, 1.54) is 0 Å². The molecular formula is C18H15N3O2. The van der Waals surface area contributed by atoms with Gasteiger partial charge in [-0.05, 0) is 30.3 Å². The van der Waals surface area contributed by atoms with Crippen molar-refractivity contribution in [2.24, 2.45) is 0 Å². The van der Waals surface area contributed by atoms with Gasteiger partial charge in [-0.2, -0.15) is 5.26 Å². The van der Waals surface area contributed by atoms with Crippen LogP contribution in [-0.4, -0.2) is 24.4 Å². The molecule has 2 amide bonds. The molecule has 0 bridgehead atoms. The second-order valence-electron chi connectivity index (χ2n) is 5.41. The summed E-state index contributed by atoms with van der Waals surface area (Å²) in [5.74, 6) is -0.276. The maximum Gasteiger partial charge on any atom is 0.251 e. The molecule has 1 N–H and O–H groups in total. The Bertz CT molecular complexity index is 780. The highest BCUT2D eigenvalue weighted by molar-refractivity contribution is 5.99. The highest BCUT2D eigenvalue weighted by Crippen LogP contribution is 2.21. The molecule has 1 aliphatic heterocycles. The predicted molar refractivity (Wildman–Crippen MR) is 85.8 cm³/mol. The van der Waals surface area contributed by atoms with Gasteiger partial charge >= 0.3 is 0 Å². The number of carbonyl (C=O) groups excluding carboxylic acids is 2. The van der Waals surface area contributed by atoms with Crippen molar-refractivity contribution >= 4 is 17.5 Å². The van der Waals surface area contributed by atoms with Crippen molar-refractivity contribution in [1.29, 1.82) is 5.26 Å². The van der Waals surface area contributed by atoms with Gasteiger partial charge in [-0.25, -0.2) is 0 Å². The maximum absolute atomic E-state index is 12.3. The standard InChI is InChI=1S/C18H15N3O2/c19-11-13-5-4-6-14(9-13)18(23)20-15-10-17(22)21(12-15)16-7-2-1-3-8-16/h1-9,15H,10,12H2,(H,20,23). The van der Waals surface area contributed by atoms with Crippen molar-refractivity contribution in [3.63, 3.8) is 0 Å². The Balaban J connectivity index is 1.69. The average Bonchev–Trinajstić information content (AvgIpc) is 2.96. The third-order valence-corrected chi connectivity index (χ3v) is 3.78. The molecule has 1 unspecified atom stereocenters. The summed E-state index contributed by atoms with van der Waals surface area (Å²) in [6, 6.07) is 17.7. The molecule has 1 atom stereocenters. The van der Waals surface area contributed by atoms with Gasteiger partial charge in [-0.15, -0.1) is 0 Å². The van der Waals surface area contributed by atoms with E-state index in [0.29, 0.717) is 17.7 Å². The van der Waals surface area contributed by atoms with E-state index < -0.39 is 0 Å².